The average Bonchev–Trinajstić information content (AvgIpc) is 2.51. The Morgan fingerprint density at radius 1 is 1.00 bits per heavy atom. The molecule has 0 radical (unpaired) electrons. The first-order chi connectivity index (χ1) is 9.81. The molecular weight excluding hydrogens is 316 g/mol. The molecule has 4 nitrogen and oxygen atoms in total. The van der Waals surface area contributed by atoms with Crippen molar-refractivity contribution in [3.05, 3.63) is 52.9 Å². The number of aromatic nitrogens is 2. The smallest absolute Gasteiger partial charge is 0.131 e. The summed E-state index contributed by atoms with van der Waals surface area (Å²) in [7, 11) is 0. The molecular formula is C15H17BrN4. The fourth-order valence-corrected chi connectivity index (χ4v) is 2.72. The maximum atomic E-state index is 4.31. The minimum atomic E-state index is 1.02. The lowest BCUT2D eigenvalue weighted by Gasteiger charge is -2.35. The Morgan fingerprint density at radius 2 is 1.75 bits per heavy atom. The van der Waals surface area contributed by atoms with Gasteiger partial charge in [0.15, 0.2) is 0 Å². The van der Waals surface area contributed by atoms with Gasteiger partial charge in [-0.25, -0.2) is 9.97 Å². The molecule has 0 spiro atoms. The zero-order chi connectivity index (χ0) is 13.8. The van der Waals surface area contributed by atoms with E-state index >= 15 is 0 Å². The molecule has 0 unspecified atom stereocenters. The Kier molecular flexibility index (Phi) is 4.28. The summed E-state index contributed by atoms with van der Waals surface area (Å²) >= 11 is 3.47. The van der Waals surface area contributed by atoms with Gasteiger partial charge in [0, 0.05) is 43.4 Å². The van der Waals surface area contributed by atoms with E-state index in [1.807, 2.05) is 6.07 Å². The third-order valence-electron chi connectivity index (χ3n) is 3.58. The maximum Gasteiger partial charge on any atom is 0.131 e. The standard InChI is InChI=1S/C15H17BrN4/c16-14-3-1-13(2-4-14)11-19-7-9-20(10-8-19)15-5-6-17-12-18-15/h1-6,12H,7-11H2. The predicted octanol–water partition coefficient (Wildman–Crippen LogP) is 2.56. The minimum Gasteiger partial charge on any atom is -0.354 e. The highest BCUT2D eigenvalue weighted by Crippen LogP contribution is 2.15. The van der Waals surface area contributed by atoms with Crippen molar-refractivity contribution < 1.29 is 0 Å². The van der Waals surface area contributed by atoms with Gasteiger partial charge in [0.25, 0.3) is 0 Å². The Bertz CT molecular complexity index is 536. The van der Waals surface area contributed by atoms with Crippen LogP contribution in [-0.2, 0) is 6.54 Å². The molecule has 1 aromatic carbocycles. The van der Waals surface area contributed by atoms with E-state index in [9.17, 15) is 0 Å². The predicted molar refractivity (Wildman–Crippen MR) is 83.7 cm³/mol. The number of nitrogens with zero attached hydrogens (tertiary/aromatic N) is 4. The molecule has 0 bridgehead atoms. The second kappa shape index (κ2) is 6.33. The molecule has 104 valence electrons. The average molecular weight is 333 g/mol. The van der Waals surface area contributed by atoms with Crippen LogP contribution in [0.15, 0.2) is 47.3 Å². The molecule has 0 saturated carbocycles. The van der Waals surface area contributed by atoms with Crippen LogP contribution in [0.3, 0.4) is 0 Å². The normalized spacial score (nSPS) is 16.4. The number of hydrogen-bond donors (Lipinski definition) is 0. The van der Waals surface area contributed by atoms with Crippen LogP contribution in [0.4, 0.5) is 5.82 Å². The second-order valence-electron chi connectivity index (χ2n) is 4.96. The fraction of sp³-hybridized carbons (Fsp3) is 0.333. The molecule has 0 N–H and O–H groups in total. The SMILES string of the molecule is Brc1ccc(CN2CCN(c3ccncn3)CC2)cc1. The van der Waals surface area contributed by atoms with Gasteiger partial charge in [-0.3, -0.25) is 4.90 Å². The van der Waals surface area contributed by atoms with E-state index in [4.69, 9.17) is 0 Å². The Labute approximate surface area is 127 Å². The highest BCUT2D eigenvalue weighted by Gasteiger charge is 2.17. The molecule has 1 fully saturated rings. The van der Waals surface area contributed by atoms with E-state index in [0.717, 1.165) is 43.0 Å². The highest BCUT2D eigenvalue weighted by atomic mass is 79.9. The van der Waals surface area contributed by atoms with Gasteiger partial charge in [0.05, 0.1) is 0 Å². The molecule has 3 rings (SSSR count). The Hall–Kier alpha value is -1.46. The van der Waals surface area contributed by atoms with Crippen molar-refractivity contribution in [1.29, 1.82) is 0 Å². The molecule has 2 aromatic rings. The van der Waals surface area contributed by atoms with Crippen LogP contribution in [0.25, 0.3) is 0 Å². The molecule has 0 amide bonds. The number of anilines is 1. The van der Waals surface area contributed by atoms with E-state index in [2.05, 4.69) is 60.0 Å². The lowest BCUT2D eigenvalue weighted by molar-refractivity contribution is 0.249. The topological polar surface area (TPSA) is 32.3 Å². The van der Waals surface area contributed by atoms with E-state index in [-0.39, 0.29) is 0 Å². The highest BCUT2D eigenvalue weighted by molar-refractivity contribution is 9.10. The van der Waals surface area contributed by atoms with Gasteiger partial charge in [-0.05, 0) is 23.8 Å². The summed E-state index contributed by atoms with van der Waals surface area (Å²) < 4.78 is 1.13. The van der Waals surface area contributed by atoms with Gasteiger partial charge in [-0.2, -0.15) is 0 Å². The van der Waals surface area contributed by atoms with E-state index in [0.29, 0.717) is 0 Å². The number of benzene rings is 1. The van der Waals surface area contributed by atoms with Gasteiger partial charge >= 0.3 is 0 Å². The summed E-state index contributed by atoms with van der Waals surface area (Å²) in [5.74, 6) is 1.03. The van der Waals surface area contributed by atoms with Crippen molar-refractivity contribution in [2.45, 2.75) is 6.54 Å². The first-order valence-electron chi connectivity index (χ1n) is 6.79. The van der Waals surface area contributed by atoms with E-state index in [1.54, 1.807) is 12.5 Å². The number of piperazine rings is 1. The lowest BCUT2D eigenvalue weighted by atomic mass is 10.2. The lowest BCUT2D eigenvalue weighted by Crippen LogP contribution is -2.46. The fourth-order valence-electron chi connectivity index (χ4n) is 2.45. The summed E-state index contributed by atoms with van der Waals surface area (Å²) in [6, 6.07) is 10.5. The molecule has 0 atom stereocenters. The third kappa shape index (κ3) is 3.35. The van der Waals surface area contributed by atoms with Crippen molar-refractivity contribution in [2.24, 2.45) is 0 Å². The van der Waals surface area contributed by atoms with Crippen molar-refractivity contribution >= 4 is 21.7 Å². The first-order valence-corrected chi connectivity index (χ1v) is 7.58. The third-order valence-corrected chi connectivity index (χ3v) is 4.11. The van der Waals surface area contributed by atoms with Crippen LogP contribution in [0.5, 0.6) is 0 Å². The first kappa shape index (κ1) is 13.5. The monoisotopic (exact) mass is 332 g/mol. The van der Waals surface area contributed by atoms with Gasteiger partial charge < -0.3 is 4.90 Å². The van der Waals surface area contributed by atoms with Crippen LogP contribution >= 0.6 is 15.9 Å². The zero-order valence-electron chi connectivity index (χ0n) is 11.2. The minimum absolute atomic E-state index is 1.02. The largest absolute Gasteiger partial charge is 0.354 e. The van der Waals surface area contributed by atoms with Crippen molar-refractivity contribution in [2.75, 3.05) is 31.1 Å². The summed E-state index contributed by atoms with van der Waals surface area (Å²) in [4.78, 5) is 13.1. The van der Waals surface area contributed by atoms with Crippen LogP contribution < -0.4 is 4.90 Å². The van der Waals surface area contributed by atoms with Crippen LogP contribution in [0.2, 0.25) is 0 Å². The molecule has 2 heterocycles. The second-order valence-corrected chi connectivity index (χ2v) is 5.87. The van der Waals surface area contributed by atoms with Crippen LogP contribution in [-0.4, -0.2) is 41.0 Å². The molecule has 1 aliphatic heterocycles. The quantitative estimate of drug-likeness (QED) is 0.864. The number of rotatable bonds is 3. The maximum absolute atomic E-state index is 4.31. The molecule has 0 aliphatic carbocycles. The summed E-state index contributed by atoms with van der Waals surface area (Å²) in [6.45, 7) is 5.20. The molecule has 5 heteroatoms. The van der Waals surface area contributed by atoms with Crippen molar-refractivity contribution in [3.8, 4) is 0 Å². The van der Waals surface area contributed by atoms with Gasteiger partial charge in [-0.1, -0.05) is 28.1 Å². The molecule has 1 saturated heterocycles. The van der Waals surface area contributed by atoms with Gasteiger partial charge in [-0.15, -0.1) is 0 Å². The van der Waals surface area contributed by atoms with Crippen molar-refractivity contribution in [3.63, 3.8) is 0 Å². The Balaban J connectivity index is 1.55. The van der Waals surface area contributed by atoms with Crippen molar-refractivity contribution in [1.82, 2.24) is 14.9 Å². The molecule has 1 aliphatic rings. The van der Waals surface area contributed by atoms with E-state index in [1.165, 1.54) is 5.56 Å². The summed E-state index contributed by atoms with van der Waals surface area (Å²) in [6.07, 6.45) is 3.42. The summed E-state index contributed by atoms with van der Waals surface area (Å²) in [5, 5.41) is 0. The van der Waals surface area contributed by atoms with Gasteiger partial charge in [0.2, 0.25) is 0 Å². The molecule has 20 heavy (non-hydrogen) atoms. The number of hydrogen-bond acceptors (Lipinski definition) is 4. The van der Waals surface area contributed by atoms with E-state index < -0.39 is 0 Å². The zero-order valence-corrected chi connectivity index (χ0v) is 12.8. The summed E-state index contributed by atoms with van der Waals surface area (Å²) in [5.41, 5.74) is 1.36. The molecule has 1 aromatic heterocycles. The number of halogens is 1. The van der Waals surface area contributed by atoms with Crippen LogP contribution in [0.1, 0.15) is 5.56 Å². The Morgan fingerprint density at radius 3 is 2.40 bits per heavy atom. The van der Waals surface area contributed by atoms with Crippen LogP contribution in [0, 0.1) is 0 Å². The van der Waals surface area contributed by atoms with Gasteiger partial charge in [0.1, 0.15) is 12.1 Å².